The molecule has 0 spiro atoms. The zero-order chi connectivity index (χ0) is 20.7. The van der Waals surface area contributed by atoms with E-state index in [0.29, 0.717) is 23.0 Å². The van der Waals surface area contributed by atoms with Crippen molar-refractivity contribution >= 4 is 0 Å². The van der Waals surface area contributed by atoms with Crippen LogP contribution in [0.5, 0.6) is 28.7 Å². The minimum absolute atomic E-state index is 0.0658. The third-order valence-electron chi connectivity index (χ3n) is 5.88. The minimum Gasteiger partial charge on any atom is -0.504 e. The molecule has 156 valence electrons. The Hall–Kier alpha value is -2.64. The van der Waals surface area contributed by atoms with Crippen LogP contribution in [0.25, 0.3) is 11.1 Å². The predicted molar refractivity (Wildman–Crippen MR) is 106 cm³/mol. The summed E-state index contributed by atoms with van der Waals surface area (Å²) in [5.41, 5.74) is 2.54. The Labute approximate surface area is 170 Å². The van der Waals surface area contributed by atoms with Crippen molar-refractivity contribution in [2.45, 2.75) is 26.2 Å². The van der Waals surface area contributed by atoms with Crippen LogP contribution in [-0.2, 0) is 9.47 Å². The van der Waals surface area contributed by atoms with Crippen molar-refractivity contribution in [2.24, 2.45) is 11.8 Å². The maximum Gasteiger partial charge on any atom is 0.231 e. The van der Waals surface area contributed by atoms with Gasteiger partial charge >= 0.3 is 0 Å². The molecule has 0 unspecified atom stereocenters. The highest BCUT2D eigenvalue weighted by molar-refractivity contribution is 5.81. The lowest BCUT2D eigenvalue weighted by atomic mass is 9.85. The van der Waals surface area contributed by atoms with Crippen LogP contribution in [0.2, 0.25) is 0 Å². The van der Waals surface area contributed by atoms with Crippen molar-refractivity contribution in [2.75, 3.05) is 28.1 Å². The van der Waals surface area contributed by atoms with E-state index in [0.717, 1.165) is 16.7 Å². The number of ether oxygens (including phenoxy) is 6. The molecule has 0 saturated carbocycles. The van der Waals surface area contributed by atoms with Crippen LogP contribution >= 0.6 is 0 Å². The van der Waals surface area contributed by atoms with Crippen LogP contribution in [-0.4, -0.2) is 39.5 Å². The summed E-state index contributed by atoms with van der Waals surface area (Å²) in [5.74, 6) is 2.59. The van der Waals surface area contributed by atoms with Gasteiger partial charge in [0.1, 0.15) is 0 Å². The van der Waals surface area contributed by atoms with Crippen LogP contribution in [0, 0.1) is 11.8 Å². The fraction of sp³-hybridized carbons (Fsp3) is 0.455. The fourth-order valence-electron chi connectivity index (χ4n) is 4.12. The third-order valence-corrected chi connectivity index (χ3v) is 5.88. The quantitative estimate of drug-likeness (QED) is 0.806. The number of methoxy groups -OCH3 is 3. The van der Waals surface area contributed by atoms with E-state index in [2.05, 4.69) is 13.8 Å². The van der Waals surface area contributed by atoms with Crippen LogP contribution in [0.15, 0.2) is 24.3 Å². The van der Waals surface area contributed by atoms with Gasteiger partial charge in [-0.05, 0) is 35.2 Å². The van der Waals surface area contributed by atoms with Gasteiger partial charge in [0.05, 0.1) is 20.3 Å². The second-order valence-corrected chi connectivity index (χ2v) is 7.37. The lowest BCUT2D eigenvalue weighted by Gasteiger charge is -2.23. The highest BCUT2D eigenvalue weighted by Gasteiger charge is 2.42. The van der Waals surface area contributed by atoms with E-state index in [9.17, 15) is 5.11 Å². The van der Waals surface area contributed by atoms with Gasteiger partial charge in [-0.2, -0.15) is 0 Å². The second kappa shape index (κ2) is 7.65. The molecular weight excluding hydrogens is 376 g/mol. The van der Waals surface area contributed by atoms with Gasteiger partial charge in [-0.25, -0.2) is 0 Å². The van der Waals surface area contributed by atoms with Crippen molar-refractivity contribution in [3.63, 3.8) is 0 Å². The molecule has 1 N–H and O–H groups in total. The molecule has 4 atom stereocenters. The summed E-state index contributed by atoms with van der Waals surface area (Å²) >= 11 is 0. The fourth-order valence-corrected chi connectivity index (χ4v) is 4.12. The Morgan fingerprint density at radius 1 is 1.00 bits per heavy atom. The summed E-state index contributed by atoms with van der Waals surface area (Å²) in [4.78, 5) is 0. The number of phenols is 1. The molecule has 7 heteroatoms. The van der Waals surface area contributed by atoms with Crippen molar-refractivity contribution in [3.05, 3.63) is 29.8 Å². The van der Waals surface area contributed by atoms with Crippen molar-refractivity contribution < 1.29 is 33.5 Å². The average Bonchev–Trinajstić information content (AvgIpc) is 3.31. The zero-order valence-electron chi connectivity index (χ0n) is 17.2. The summed E-state index contributed by atoms with van der Waals surface area (Å²) < 4.78 is 34.2. The van der Waals surface area contributed by atoms with E-state index >= 15 is 0 Å². The molecule has 2 heterocycles. The summed E-state index contributed by atoms with van der Waals surface area (Å²) in [7, 11) is 4.77. The largest absolute Gasteiger partial charge is 0.504 e. The SMILES string of the molecule is COc1cc(-c2c([C@@H]3O[C@@H](OC)[C@H](C)[C@H]3C)cc3c(c2OC)OCO3)ccc1O. The van der Waals surface area contributed by atoms with Gasteiger partial charge in [-0.15, -0.1) is 0 Å². The highest BCUT2D eigenvalue weighted by Crippen LogP contribution is 2.54. The Bertz CT molecular complexity index is 911. The molecule has 7 nitrogen and oxygen atoms in total. The molecule has 2 aromatic rings. The summed E-state index contributed by atoms with van der Waals surface area (Å²) in [6, 6.07) is 7.14. The normalized spacial score (nSPS) is 25.3. The molecule has 1 fully saturated rings. The van der Waals surface area contributed by atoms with E-state index in [1.165, 1.54) is 7.11 Å². The summed E-state index contributed by atoms with van der Waals surface area (Å²) in [5, 5.41) is 10.0. The number of fused-ring (bicyclic) bond motifs is 1. The van der Waals surface area contributed by atoms with Crippen molar-refractivity contribution in [3.8, 4) is 39.9 Å². The van der Waals surface area contributed by atoms with Gasteiger partial charge in [-0.1, -0.05) is 19.9 Å². The molecule has 0 aromatic heterocycles. The van der Waals surface area contributed by atoms with Gasteiger partial charge in [-0.3, -0.25) is 0 Å². The number of phenolic OH excluding ortho intramolecular Hbond substituents is 1. The van der Waals surface area contributed by atoms with Crippen LogP contribution in [0.3, 0.4) is 0 Å². The first-order chi connectivity index (χ1) is 14.0. The molecular formula is C22H26O7. The standard InChI is InChI=1S/C22H26O7/c1-11-12(2)22(26-5)29-19(11)14-9-17-20(28-10-27-17)21(25-4)18(14)13-6-7-15(23)16(8-13)24-3/h6-9,11-12,19,22-23H,10H2,1-5H3/t11-,12-,19-,22-/m1/s1. The number of benzene rings is 2. The van der Waals surface area contributed by atoms with E-state index in [-0.39, 0.29) is 36.8 Å². The molecule has 4 rings (SSSR count). The molecule has 2 aromatic carbocycles. The molecule has 0 radical (unpaired) electrons. The Kier molecular flexibility index (Phi) is 5.19. The summed E-state index contributed by atoms with van der Waals surface area (Å²) in [6.45, 7) is 4.39. The first-order valence-corrected chi connectivity index (χ1v) is 9.56. The third kappa shape index (κ3) is 3.14. The first-order valence-electron chi connectivity index (χ1n) is 9.56. The van der Waals surface area contributed by atoms with E-state index in [4.69, 9.17) is 28.4 Å². The van der Waals surface area contributed by atoms with Gasteiger partial charge in [0.15, 0.2) is 29.3 Å². The van der Waals surface area contributed by atoms with E-state index < -0.39 is 0 Å². The number of hydrogen-bond donors (Lipinski definition) is 1. The minimum atomic E-state index is -0.298. The highest BCUT2D eigenvalue weighted by atomic mass is 16.7. The summed E-state index contributed by atoms with van der Waals surface area (Å²) in [6.07, 6.45) is -0.526. The van der Waals surface area contributed by atoms with Crippen molar-refractivity contribution in [1.82, 2.24) is 0 Å². The first kappa shape index (κ1) is 19.7. The average molecular weight is 402 g/mol. The predicted octanol–water partition coefficient (Wildman–Crippen LogP) is 4.12. The molecule has 0 amide bonds. The second-order valence-electron chi connectivity index (χ2n) is 7.37. The molecule has 2 aliphatic heterocycles. The smallest absolute Gasteiger partial charge is 0.231 e. The topological polar surface area (TPSA) is 75.6 Å². The lowest BCUT2D eigenvalue weighted by Crippen LogP contribution is -2.17. The van der Waals surface area contributed by atoms with Gasteiger partial charge < -0.3 is 33.5 Å². The molecule has 1 saturated heterocycles. The maximum atomic E-state index is 10.0. The molecule has 2 aliphatic rings. The molecule has 0 aliphatic carbocycles. The van der Waals surface area contributed by atoms with E-state index in [1.807, 2.05) is 12.1 Å². The van der Waals surface area contributed by atoms with Gasteiger partial charge in [0.25, 0.3) is 0 Å². The monoisotopic (exact) mass is 402 g/mol. The number of aromatic hydroxyl groups is 1. The number of rotatable bonds is 5. The van der Waals surface area contributed by atoms with Crippen molar-refractivity contribution in [1.29, 1.82) is 0 Å². The van der Waals surface area contributed by atoms with Crippen LogP contribution in [0.1, 0.15) is 25.5 Å². The van der Waals surface area contributed by atoms with Gasteiger partial charge in [0.2, 0.25) is 12.5 Å². The molecule has 29 heavy (non-hydrogen) atoms. The molecule has 0 bridgehead atoms. The zero-order valence-corrected chi connectivity index (χ0v) is 17.2. The van der Waals surface area contributed by atoms with Gasteiger partial charge in [0, 0.05) is 18.6 Å². The Morgan fingerprint density at radius 3 is 2.45 bits per heavy atom. The Morgan fingerprint density at radius 2 is 1.79 bits per heavy atom. The Balaban J connectivity index is 1.94. The lowest BCUT2D eigenvalue weighted by molar-refractivity contribution is -0.130. The van der Waals surface area contributed by atoms with Crippen LogP contribution in [0.4, 0.5) is 0 Å². The van der Waals surface area contributed by atoms with Crippen LogP contribution < -0.4 is 18.9 Å². The number of hydrogen-bond acceptors (Lipinski definition) is 7. The van der Waals surface area contributed by atoms with E-state index in [1.54, 1.807) is 26.4 Å². The maximum absolute atomic E-state index is 10.0.